The van der Waals surface area contributed by atoms with E-state index in [1.165, 1.54) is 5.57 Å². The van der Waals surface area contributed by atoms with Crippen molar-refractivity contribution in [3.63, 3.8) is 0 Å². The van der Waals surface area contributed by atoms with E-state index >= 15 is 0 Å². The Hall–Kier alpha value is -0.830. The molecule has 0 radical (unpaired) electrons. The number of hydrazine groups is 1. The van der Waals surface area contributed by atoms with Crippen LogP contribution in [0.4, 0.5) is 0 Å². The first-order valence-electron chi connectivity index (χ1n) is 3.90. The molecule has 0 aromatic rings. The first kappa shape index (κ1) is 8.27. The van der Waals surface area contributed by atoms with Gasteiger partial charge in [0.05, 0.1) is 0 Å². The molecule has 0 saturated heterocycles. The SMILES string of the molecule is CC1=CC[C@H](C(=O)NN)CC1. The van der Waals surface area contributed by atoms with E-state index in [9.17, 15) is 4.79 Å². The van der Waals surface area contributed by atoms with Crippen molar-refractivity contribution in [2.24, 2.45) is 11.8 Å². The zero-order valence-electron chi connectivity index (χ0n) is 6.76. The first-order chi connectivity index (χ1) is 5.24. The van der Waals surface area contributed by atoms with Crippen molar-refractivity contribution in [2.45, 2.75) is 26.2 Å². The maximum Gasteiger partial charge on any atom is 0.237 e. The average Bonchev–Trinajstić information content (AvgIpc) is 2.05. The first-order valence-corrected chi connectivity index (χ1v) is 3.90. The van der Waals surface area contributed by atoms with Crippen LogP contribution in [0.1, 0.15) is 26.2 Å². The third-order valence-corrected chi connectivity index (χ3v) is 2.15. The lowest BCUT2D eigenvalue weighted by atomic mass is 9.90. The highest BCUT2D eigenvalue weighted by Gasteiger charge is 2.18. The van der Waals surface area contributed by atoms with Crippen LogP contribution in [0.3, 0.4) is 0 Å². The second-order valence-electron chi connectivity index (χ2n) is 3.03. The second kappa shape index (κ2) is 3.53. The van der Waals surface area contributed by atoms with Crippen LogP contribution in [-0.2, 0) is 4.79 Å². The van der Waals surface area contributed by atoms with Crippen molar-refractivity contribution in [1.29, 1.82) is 0 Å². The molecule has 0 aromatic carbocycles. The van der Waals surface area contributed by atoms with E-state index < -0.39 is 0 Å². The zero-order valence-corrected chi connectivity index (χ0v) is 6.76. The summed E-state index contributed by atoms with van der Waals surface area (Å²) in [6, 6.07) is 0. The fourth-order valence-corrected chi connectivity index (χ4v) is 1.32. The topological polar surface area (TPSA) is 55.1 Å². The van der Waals surface area contributed by atoms with Gasteiger partial charge in [0.2, 0.25) is 5.91 Å². The minimum atomic E-state index is -0.0336. The van der Waals surface area contributed by atoms with Crippen LogP contribution < -0.4 is 11.3 Å². The fraction of sp³-hybridized carbons (Fsp3) is 0.625. The predicted octanol–water partition coefficient (Wildman–Crippen LogP) is 0.723. The molecule has 0 saturated carbocycles. The van der Waals surface area contributed by atoms with Crippen LogP contribution in [0.25, 0.3) is 0 Å². The number of nitrogens with one attached hydrogen (secondary N) is 1. The molecule has 3 N–H and O–H groups in total. The quantitative estimate of drug-likeness (QED) is 0.253. The maximum absolute atomic E-state index is 11.0. The molecule has 1 aliphatic rings. The van der Waals surface area contributed by atoms with Gasteiger partial charge in [-0.1, -0.05) is 11.6 Å². The van der Waals surface area contributed by atoms with Gasteiger partial charge in [0.15, 0.2) is 0 Å². The summed E-state index contributed by atoms with van der Waals surface area (Å²) in [6.07, 6.45) is 4.92. The van der Waals surface area contributed by atoms with Gasteiger partial charge in [0.1, 0.15) is 0 Å². The summed E-state index contributed by atoms with van der Waals surface area (Å²) in [5.74, 6) is 5.08. The molecule has 3 nitrogen and oxygen atoms in total. The number of nitrogens with two attached hydrogens (primary N) is 1. The standard InChI is InChI=1S/C8H14N2O/c1-6-2-4-7(5-3-6)8(11)10-9/h2,7H,3-5,9H2,1H3,(H,10,11)/t7-/m0/s1. The summed E-state index contributed by atoms with van der Waals surface area (Å²) in [7, 11) is 0. The number of allylic oxidation sites excluding steroid dienone is 2. The molecule has 0 bridgehead atoms. The van der Waals surface area contributed by atoms with E-state index in [0.717, 1.165) is 19.3 Å². The summed E-state index contributed by atoms with van der Waals surface area (Å²) >= 11 is 0. The normalized spacial score (nSPS) is 24.2. The third-order valence-electron chi connectivity index (χ3n) is 2.15. The van der Waals surface area contributed by atoms with Crippen LogP contribution in [0, 0.1) is 5.92 Å². The molecule has 0 fully saturated rings. The largest absolute Gasteiger partial charge is 0.294 e. The molecule has 62 valence electrons. The van der Waals surface area contributed by atoms with Gasteiger partial charge in [-0.2, -0.15) is 0 Å². The van der Waals surface area contributed by atoms with Gasteiger partial charge >= 0.3 is 0 Å². The van der Waals surface area contributed by atoms with Crippen LogP contribution in [0.2, 0.25) is 0 Å². The second-order valence-corrected chi connectivity index (χ2v) is 3.03. The van der Waals surface area contributed by atoms with Gasteiger partial charge in [-0.05, 0) is 26.2 Å². The summed E-state index contributed by atoms with van der Waals surface area (Å²) in [6.45, 7) is 2.09. The number of hydrogen-bond donors (Lipinski definition) is 2. The Kier molecular flexibility index (Phi) is 2.65. The molecule has 0 unspecified atom stereocenters. The molecule has 0 heterocycles. The highest BCUT2D eigenvalue weighted by atomic mass is 16.2. The highest BCUT2D eigenvalue weighted by Crippen LogP contribution is 2.22. The Morgan fingerprint density at radius 1 is 1.82 bits per heavy atom. The molecule has 1 atom stereocenters. The Labute approximate surface area is 66.6 Å². The minimum absolute atomic E-state index is 0.0336. The van der Waals surface area contributed by atoms with Crippen LogP contribution in [-0.4, -0.2) is 5.91 Å². The molecule has 1 aliphatic carbocycles. The van der Waals surface area contributed by atoms with Gasteiger partial charge < -0.3 is 0 Å². The zero-order chi connectivity index (χ0) is 8.27. The van der Waals surface area contributed by atoms with E-state index in [4.69, 9.17) is 5.84 Å². The number of carbonyl (C=O) groups excluding carboxylic acids is 1. The van der Waals surface area contributed by atoms with Crippen molar-refractivity contribution in [3.05, 3.63) is 11.6 Å². The molecule has 11 heavy (non-hydrogen) atoms. The number of carbonyl (C=O) groups is 1. The van der Waals surface area contributed by atoms with E-state index in [1.54, 1.807) is 0 Å². The summed E-state index contributed by atoms with van der Waals surface area (Å²) in [5, 5.41) is 0. The molecule has 1 amide bonds. The molecule has 1 rings (SSSR count). The lowest BCUT2D eigenvalue weighted by Gasteiger charge is -2.17. The molecular weight excluding hydrogens is 140 g/mol. The molecule has 0 spiro atoms. The predicted molar refractivity (Wildman–Crippen MR) is 43.4 cm³/mol. The monoisotopic (exact) mass is 154 g/mol. The summed E-state index contributed by atoms with van der Waals surface area (Å²) < 4.78 is 0. The Morgan fingerprint density at radius 2 is 2.55 bits per heavy atom. The van der Waals surface area contributed by atoms with Crippen LogP contribution in [0.15, 0.2) is 11.6 Å². The van der Waals surface area contributed by atoms with Gasteiger partial charge in [-0.25, -0.2) is 5.84 Å². The minimum Gasteiger partial charge on any atom is -0.294 e. The lowest BCUT2D eigenvalue weighted by Crippen LogP contribution is -2.36. The van der Waals surface area contributed by atoms with Crippen molar-refractivity contribution < 1.29 is 4.79 Å². The van der Waals surface area contributed by atoms with Gasteiger partial charge in [-0.3, -0.25) is 10.2 Å². The molecule has 3 heteroatoms. The van der Waals surface area contributed by atoms with E-state index in [2.05, 4.69) is 18.4 Å². The Bertz CT molecular complexity index is 187. The smallest absolute Gasteiger partial charge is 0.237 e. The Morgan fingerprint density at radius 3 is 3.00 bits per heavy atom. The lowest BCUT2D eigenvalue weighted by molar-refractivity contribution is -0.125. The van der Waals surface area contributed by atoms with Crippen molar-refractivity contribution >= 4 is 5.91 Å². The van der Waals surface area contributed by atoms with Gasteiger partial charge in [0, 0.05) is 5.92 Å². The number of hydrogen-bond acceptors (Lipinski definition) is 2. The van der Waals surface area contributed by atoms with Crippen molar-refractivity contribution in [2.75, 3.05) is 0 Å². The van der Waals surface area contributed by atoms with E-state index in [1.807, 2.05) is 0 Å². The Balaban J connectivity index is 2.47. The highest BCUT2D eigenvalue weighted by molar-refractivity contribution is 5.78. The molecule has 0 aromatic heterocycles. The van der Waals surface area contributed by atoms with Crippen molar-refractivity contribution in [3.8, 4) is 0 Å². The van der Waals surface area contributed by atoms with Crippen LogP contribution >= 0.6 is 0 Å². The molecular formula is C8H14N2O. The number of rotatable bonds is 1. The maximum atomic E-state index is 11.0. The van der Waals surface area contributed by atoms with Gasteiger partial charge in [0.25, 0.3) is 0 Å². The fourth-order valence-electron chi connectivity index (χ4n) is 1.32. The third kappa shape index (κ3) is 2.05. The molecule has 0 aliphatic heterocycles. The summed E-state index contributed by atoms with van der Waals surface area (Å²) in [5.41, 5.74) is 3.56. The van der Waals surface area contributed by atoms with E-state index in [-0.39, 0.29) is 11.8 Å². The summed E-state index contributed by atoms with van der Waals surface area (Å²) in [4.78, 5) is 11.0. The van der Waals surface area contributed by atoms with Gasteiger partial charge in [-0.15, -0.1) is 0 Å². The van der Waals surface area contributed by atoms with E-state index in [0.29, 0.717) is 0 Å². The number of amides is 1. The van der Waals surface area contributed by atoms with Crippen molar-refractivity contribution in [1.82, 2.24) is 5.43 Å². The average molecular weight is 154 g/mol. The van der Waals surface area contributed by atoms with Crippen LogP contribution in [0.5, 0.6) is 0 Å².